The molecule has 0 saturated carbocycles. The van der Waals surface area contributed by atoms with Gasteiger partial charge in [-0.05, 0) is 31.0 Å². The van der Waals surface area contributed by atoms with Gasteiger partial charge >= 0.3 is 0 Å². The molecule has 0 aliphatic rings. The Kier molecular flexibility index (Phi) is 6.24. The van der Waals surface area contributed by atoms with Gasteiger partial charge in [0.1, 0.15) is 0 Å². The molecule has 0 spiro atoms. The van der Waals surface area contributed by atoms with E-state index in [-0.39, 0.29) is 6.04 Å². The Bertz CT molecular complexity index is 437. The van der Waals surface area contributed by atoms with Crippen molar-refractivity contribution in [3.8, 4) is 23.8 Å². The highest BCUT2D eigenvalue weighted by molar-refractivity contribution is 5.43. The molecule has 0 amide bonds. The molecule has 2 atom stereocenters. The normalized spacial score (nSPS) is 13.4. The first kappa shape index (κ1) is 15.4. The summed E-state index contributed by atoms with van der Waals surface area (Å²) < 4.78 is 10.6. The number of rotatable bonds is 7. The molecule has 0 bridgehead atoms. The second-order valence-electron chi connectivity index (χ2n) is 4.52. The second-order valence-corrected chi connectivity index (χ2v) is 4.52. The number of hydrogen-bond donors (Lipinski definition) is 1. The number of ether oxygens (including phenoxy) is 2. The van der Waals surface area contributed by atoms with Crippen LogP contribution in [0.1, 0.15) is 38.3 Å². The molecule has 2 unspecified atom stereocenters. The fourth-order valence-electron chi connectivity index (χ4n) is 2.04. The van der Waals surface area contributed by atoms with Crippen molar-refractivity contribution in [1.29, 1.82) is 0 Å². The predicted molar refractivity (Wildman–Crippen MR) is 78.6 cm³/mol. The summed E-state index contributed by atoms with van der Waals surface area (Å²) in [6.07, 6.45) is 7.14. The van der Waals surface area contributed by atoms with Crippen LogP contribution in [0, 0.1) is 12.3 Å². The van der Waals surface area contributed by atoms with Gasteiger partial charge in [-0.1, -0.05) is 13.0 Å². The Morgan fingerprint density at radius 2 is 1.95 bits per heavy atom. The number of benzene rings is 1. The van der Waals surface area contributed by atoms with Crippen LogP contribution in [0.25, 0.3) is 0 Å². The van der Waals surface area contributed by atoms with Gasteiger partial charge in [0.15, 0.2) is 11.5 Å². The molecule has 0 heterocycles. The average molecular weight is 261 g/mol. The van der Waals surface area contributed by atoms with Crippen LogP contribution in [0.2, 0.25) is 0 Å². The van der Waals surface area contributed by atoms with Crippen LogP contribution in [-0.2, 0) is 0 Å². The van der Waals surface area contributed by atoms with Gasteiger partial charge in [0, 0.05) is 18.5 Å². The molecule has 0 aliphatic heterocycles. The molecule has 3 heteroatoms. The van der Waals surface area contributed by atoms with Gasteiger partial charge in [0.2, 0.25) is 0 Å². The number of nitrogens with one attached hydrogen (secondary N) is 1. The third-order valence-electron chi connectivity index (χ3n) is 3.25. The van der Waals surface area contributed by atoms with Crippen LogP contribution in [0.5, 0.6) is 11.5 Å². The smallest absolute Gasteiger partial charge is 0.161 e. The lowest BCUT2D eigenvalue weighted by molar-refractivity contribution is 0.353. The maximum Gasteiger partial charge on any atom is 0.161 e. The first-order chi connectivity index (χ1) is 9.15. The van der Waals surface area contributed by atoms with E-state index in [9.17, 15) is 0 Å². The molecule has 104 valence electrons. The van der Waals surface area contributed by atoms with E-state index >= 15 is 0 Å². The summed E-state index contributed by atoms with van der Waals surface area (Å²) in [4.78, 5) is 0. The molecule has 3 nitrogen and oxygen atoms in total. The Labute approximate surface area is 116 Å². The van der Waals surface area contributed by atoms with Crippen molar-refractivity contribution in [3.05, 3.63) is 23.8 Å². The van der Waals surface area contributed by atoms with Crippen molar-refractivity contribution in [1.82, 2.24) is 5.32 Å². The van der Waals surface area contributed by atoms with Gasteiger partial charge in [-0.25, -0.2) is 0 Å². The topological polar surface area (TPSA) is 30.5 Å². The standard InChI is InChI=1S/C16H23NO2/c1-6-8-14(7-2)17-12(3)13-9-10-15(18-4)16(11-13)19-5/h1,9-12,14,17H,7-8H2,2-5H3. The first-order valence-corrected chi connectivity index (χ1v) is 6.57. The molecular formula is C16H23NO2. The van der Waals surface area contributed by atoms with Crippen molar-refractivity contribution in [2.24, 2.45) is 0 Å². The van der Waals surface area contributed by atoms with Crippen LogP contribution >= 0.6 is 0 Å². The number of methoxy groups -OCH3 is 2. The van der Waals surface area contributed by atoms with E-state index in [0.29, 0.717) is 6.04 Å². The van der Waals surface area contributed by atoms with Gasteiger partial charge in [-0.2, -0.15) is 0 Å². The molecule has 0 aliphatic carbocycles. The SMILES string of the molecule is C#CCC(CC)NC(C)c1ccc(OC)c(OC)c1. The third-order valence-corrected chi connectivity index (χ3v) is 3.25. The van der Waals surface area contributed by atoms with Gasteiger partial charge in [0.25, 0.3) is 0 Å². The van der Waals surface area contributed by atoms with E-state index in [0.717, 1.165) is 29.9 Å². The van der Waals surface area contributed by atoms with Crippen molar-refractivity contribution >= 4 is 0 Å². The largest absolute Gasteiger partial charge is 0.493 e. The highest BCUT2D eigenvalue weighted by Crippen LogP contribution is 2.30. The minimum Gasteiger partial charge on any atom is -0.493 e. The quantitative estimate of drug-likeness (QED) is 0.765. The zero-order chi connectivity index (χ0) is 14.3. The predicted octanol–water partition coefficient (Wildman–Crippen LogP) is 3.16. The zero-order valence-electron chi connectivity index (χ0n) is 12.2. The van der Waals surface area contributed by atoms with E-state index in [1.165, 1.54) is 0 Å². The third kappa shape index (κ3) is 4.18. The van der Waals surface area contributed by atoms with Crippen LogP contribution in [0.15, 0.2) is 18.2 Å². The Hall–Kier alpha value is -1.66. The lowest BCUT2D eigenvalue weighted by Crippen LogP contribution is -2.30. The van der Waals surface area contributed by atoms with Crippen LogP contribution in [0.3, 0.4) is 0 Å². The van der Waals surface area contributed by atoms with Gasteiger partial charge in [-0.3, -0.25) is 0 Å². The summed E-state index contributed by atoms with van der Waals surface area (Å²) in [6.45, 7) is 4.26. The fraction of sp³-hybridized carbons (Fsp3) is 0.500. The molecule has 19 heavy (non-hydrogen) atoms. The second kappa shape index (κ2) is 7.70. The zero-order valence-corrected chi connectivity index (χ0v) is 12.2. The molecule has 1 aromatic rings. The summed E-state index contributed by atoms with van der Waals surface area (Å²) in [5, 5.41) is 3.53. The summed E-state index contributed by atoms with van der Waals surface area (Å²) in [7, 11) is 3.28. The fourth-order valence-corrected chi connectivity index (χ4v) is 2.04. The van der Waals surface area contributed by atoms with Gasteiger partial charge < -0.3 is 14.8 Å². The maximum atomic E-state index is 5.38. The first-order valence-electron chi connectivity index (χ1n) is 6.57. The van der Waals surface area contributed by atoms with E-state index < -0.39 is 0 Å². The summed E-state index contributed by atoms with van der Waals surface area (Å²) in [5.41, 5.74) is 1.16. The molecule has 0 radical (unpaired) electrons. The van der Waals surface area contributed by atoms with Crippen LogP contribution < -0.4 is 14.8 Å². The minimum absolute atomic E-state index is 0.220. The average Bonchev–Trinajstić information content (AvgIpc) is 2.45. The summed E-state index contributed by atoms with van der Waals surface area (Å²) in [6, 6.07) is 6.53. The van der Waals surface area contributed by atoms with Crippen molar-refractivity contribution in [2.45, 2.75) is 38.8 Å². The van der Waals surface area contributed by atoms with Gasteiger partial charge in [-0.15, -0.1) is 12.3 Å². The lowest BCUT2D eigenvalue weighted by Gasteiger charge is -2.21. The van der Waals surface area contributed by atoms with Gasteiger partial charge in [0.05, 0.1) is 14.2 Å². The molecule has 1 N–H and O–H groups in total. The summed E-state index contributed by atoms with van der Waals surface area (Å²) >= 11 is 0. The van der Waals surface area contributed by atoms with Crippen molar-refractivity contribution < 1.29 is 9.47 Å². The Morgan fingerprint density at radius 3 is 2.47 bits per heavy atom. The number of terminal acetylenes is 1. The van der Waals surface area contributed by atoms with E-state index in [1.807, 2.05) is 18.2 Å². The van der Waals surface area contributed by atoms with Crippen molar-refractivity contribution in [3.63, 3.8) is 0 Å². The monoisotopic (exact) mass is 261 g/mol. The molecule has 0 aromatic heterocycles. The van der Waals surface area contributed by atoms with Crippen LogP contribution in [-0.4, -0.2) is 20.3 Å². The van der Waals surface area contributed by atoms with E-state index in [1.54, 1.807) is 14.2 Å². The van der Waals surface area contributed by atoms with E-state index in [2.05, 4.69) is 25.1 Å². The minimum atomic E-state index is 0.220. The van der Waals surface area contributed by atoms with Crippen molar-refractivity contribution in [2.75, 3.05) is 14.2 Å². The molecule has 0 fully saturated rings. The molecular weight excluding hydrogens is 238 g/mol. The van der Waals surface area contributed by atoms with Crippen LogP contribution in [0.4, 0.5) is 0 Å². The summed E-state index contributed by atoms with van der Waals surface area (Å²) in [5.74, 6) is 4.20. The molecule has 1 rings (SSSR count). The Morgan fingerprint density at radius 1 is 1.26 bits per heavy atom. The Balaban J connectivity index is 2.82. The highest BCUT2D eigenvalue weighted by atomic mass is 16.5. The molecule has 0 saturated heterocycles. The van der Waals surface area contributed by atoms with E-state index in [4.69, 9.17) is 15.9 Å². The lowest BCUT2D eigenvalue weighted by atomic mass is 10.0. The highest BCUT2D eigenvalue weighted by Gasteiger charge is 2.13. The number of hydrogen-bond acceptors (Lipinski definition) is 3. The maximum absolute atomic E-state index is 5.38. The molecule has 1 aromatic carbocycles.